The molecule has 286 valence electrons. The molecule has 2 atom stereocenters. The van der Waals surface area contributed by atoms with Gasteiger partial charge in [0.05, 0.1) is 18.1 Å². The number of allylic oxidation sites excluding steroid dienone is 1. The number of nitrogens with one attached hydrogen (secondary N) is 2. The third-order valence-corrected chi connectivity index (χ3v) is 11.0. The Bertz CT molecular complexity index is 2100. The van der Waals surface area contributed by atoms with Crippen LogP contribution in [0.5, 0.6) is 11.5 Å². The lowest BCUT2D eigenvalue weighted by atomic mass is 10.0. The summed E-state index contributed by atoms with van der Waals surface area (Å²) in [6, 6.07) is 29.1. The van der Waals surface area contributed by atoms with E-state index in [1.165, 1.54) is 18.7 Å². The summed E-state index contributed by atoms with van der Waals surface area (Å²) in [5.74, 6) is 0.0297. The number of methoxy groups -OCH3 is 1. The molecule has 4 aromatic rings. The van der Waals surface area contributed by atoms with Crippen LogP contribution in [0.1, 0.15) is 48.6 Å². The molecule has 4 aromatic carbocycles. The number of hydrogen-bond acceptors (Lipinski definition) is 10. The number of carbonyl (C=O) groups is 4. The molecule has 0 saturated heterocycles. The molecule has 0 fully saturated rings. The molecule has 12 nitrogen and oxygen atoms in total. The molecule has 0 aliphatic carbocycles. The number of ether oxygens (including phenoxy) is 3. The van der Waals surface area contributed by atoms with Gasteiger partial charge in [0.2, 0.25) is 5.91 Å². The molecule has 6 rings (SSSR count). The van der Waals surface area contributed by atoms with Crippen molar-refractivity contribution in [1.29, 1.82) is 0 Å². The highest BCUT2D eigenvalue weighted by molar-refractivity contribution is 8.08. The standard InChI is InChI=1S/C42H45N5O7S/c1-27-40(33-10-9-29-7-5-6-8-32(29)25-33)55-41(31-13-15-34(52-4)16-14-31)39(54-28(2)48)42(51)47(27)24-23-46(3)22-21-43-38(50)26-53-35-17-11-30(12-18-35)36-19-20-37(49)45-44-36/h5-18,25,39,41H,19-24,26H2,1-4H3,(H,43,50)(H,45,49). The first-order chi connectivity index (χ1) is 26.6. The van der Waals surface area contributed by atoms with Crippen molar-refractivity contribution in [2.24, 2.45) is 5.10 Å². The van der Waals surface area contributed by atoms with E-state index in [4.69, 9.17) is 14.2 Å². The number of hydrogen-bond donors (Lipinski definition) is 2. The van der Waals surface area contributed by atoms with Crippen LogP contribution in [0.4, 0.5) is 0 Å². The van der Waals surface area contributed by atoms with E-state index in [1.54, 1.807) is 24.1 Å². The number of esters is 1. The monoisotopic (exact) mass is 763 g/mol. The zero-order valence-corrected chi connectivity index (χ0v) is 32.2. The van der Waals surface area contributed by atoms with Crippen molar-refractivity contribution in [3.05, 3.63) is 113 Å². The fourth-order valence-electron chi connectivity index (χ4n) is 6.45. The van der Waals surface area contributed by atoms with E-state index in [2.05, 4.69) is 46.2 Å². The van der Waals surface area contributed by atoms with Crippen molar-refractivity contribution in [3.8, 4) is 11.5 Å². The minimum atomic E-state index is -1.08. The number of carbonyl (C=O) groups excluding carboxylic acids is 4. The van der Waals surface area contributed by atoms with Crippen molar-refractivity contribution in [2.45, 2.75) is 38.0 Å². The lowest BCUT2D eigenvalue weighted by Gasteiger charge is -2.29. The fourth-order valence-corrected chi connectivity index (χ4v) is 7.84. The van der Waals surface area contributed by atoms with Gasteiger partial charge in [-0.25, -0.2) is 5.43 Å². The van der Waals surface area contributed by atoms with Crippen LogP contribution in [0.3, 0.4) is 0 Å². The first kappa shape index (κ1) is 39.0. The van der Waals surface area contributed by atoms with Crippen molar-refractivity contribution in [2.75, 3.05) is 46.9 Å². The Labute approximate surface area is 324 Å². The number of thioether (sulfide) groups is 1. The Morgan fingerprint density at radius 3 is 2.33 bits per heavy atom. The zero-order valence-electron chi connectivity index (χ0n) is 31.4. The van der Waals surface area contributed by atoms with Gasteiger partial charge in [0.1, 0.15) is 11.5 Å². The highest BCUT2D eigenvalue weighted by Gasteiger charge is 2.41. The van der Waals surface area contributed by atoms with Crippen LogP contribution in [0, 0.1) is 0 Å². The molecular formula is C42H45N5O7S. The summed E-state index contributed by atoms with van der Waals surface area (Å²) in [5.41, 5.74) is 6.74. The van der Waals surface area contributed by atoms with E-state index in [-0.39, 0.29) is 24.3 Å². The maximum absolute atomic E-state index is 14.5. The maximum atomic E-state index is 14.5. The van der Waals surface area contributed by atoms with Gasteiger partial charge in [-0.15, -0.1) is 11.8 Å². The van der Waals surface area contributed by atoms with Crippen LogP contribution in [0.15, 0.2) is 102 Å². The first-order valence-corrected chi connectivity index (χ1v) is 19.0. The third-order valence-electron chi connectivity index (χ3n) is 9.49. The normalized spacial score (nSPS) is 17.4. The van der Waals surface area contributed by atoms with Gasteiger partial charge in [-0.2, -0.15) is 5.10 Å². The summed E-state index contributed by atoms with van der Waals surface area (Å²) in [4.78, 5) is 55.6. The Kier molecular flexibility index (Phi) is 12.9. The number of fused-ring (bicyclic) bond motifs is 1. The summed E-state index contributed by atoms with van der Waals surface area (Å²) >= 11 is 1.51. The van der Waals surface area contributed by atoms with Crippen molar-refractivity contribution in [1.82, 2.24) is 20.5 Å². The second-order valence-electron chi connectivity index (χ2n) is 13.4. The van der Waals surface area contributed by atoms with E-state index in [0.717, 1.165) is 43.8 Å². The number of amides is 3. The molecule has 2 N–H and O–H groups in total. The van der Waals surface area contributed by atoms with Gasteiger partial charge in [0, 0.05) is 56.5 Å². The maximum Gasteiger partial charge on any atom is 0.303 e. The fraction of sp³-hybridized carbons (Fsp3) is 0.310. The van der Waals surface area contributed by atoms with E-state index in [1.807, 2.05) is 67.4 Å². The lowest BCUT2D eigenvalue weighted by Crippen LogP contribution is -2.45. The Morgan fingerprint density at radius 2 is 1.64 bits per heavy atom. The van der Waals surface area contributed by atoms with Gasteiger partial charge >= 0.3 is 5.97 Å². The average Bonchev–Trinajstić information content (AvgIpc) is 3.29. The van der Waals surface area contributed by atoms with Gasteiger partial charge in [-0.3, -0.25) is 19.2 Å². The van der Waals surface area contributed by atoms with Gasteiger partial charge in [-0.05, 0) is 83.9 Å². The molecule has 2 unspecified atom stereocenters. The molecule has 3 amide bonds. The SMILES string of the molecule is COc1ccc(C2SC(c3ccc4ccccc4c3)=C(C)N(CCN(C)CCNC(=O)COc3ccc(C4=NNC(=O)CC4)cc3)C(=O)C2OC(C)=O)cc1. The third kappa shape index (κ3) is 9.91. The minimum absolute atomic E-state index is 0.0972. The minimum Gasteiger partial charge on any atom is -0.497 e. The highest BCUT2D eigenvalue weighted by Crippen LogP contribution is 2.48. The summed E-state index contributed by atoms with van der Waals surface area (Å²) in [5, 5.41) is 8.67. The Balaban J connectivity index is 1.11. The molecular weight excluding hydrogens is 719 g/mol. The van der Waals surface area contributed by atoms with E-state index in [9.17, 15) is 19.2 Å². The molecule has 55 heavy (non-hydrogen) atoms. The smallest absolute Gasteiger partial charge is 0.303 e. The van der Waals surface area contributed by atoms with E-state index >= 15 is 0 Å². The van der Waals surface area contributed by atoms with Gasteiger partial charge in [-0.1, -0.05) is 48.5 Å². The Hall–Kier alpha value is -5.66. The molecule has 0 bridgehead atoms. The van der Waals surface area contributed by atoms with Crippen molar-refractivity contribution >= 4 is 56.8 Å². The molecule has 0 radical (unpaired) electrons. The quantitative estimate of drug-likeness (QED) is 0.159. The lowest BCUT2D eigenvalue weighted by molar-refractivity contribution is -0.157. The highest BCUT2D eigenvalue weighted by atomic mass is 32.2. The van der Waals surface area contributed by atoms with Crippen LogP contribution in [-0.2, 0) is 23.9 Å². The summed E-state index contributed by atoms with van der Waals surface area (Å²) in [6.45, 7) is 4.84. The summed E-state index contributed by atoms with van der Waals surface area (Å²) in [7, 11) is 3.53. The van der Waals surface area contributed by atoms with Crippen LogP contribution >= 0.6 is 11.8 Å². The largest absolute Gasteiger partial charge is 0.497 e. The second kappa shape index (κ2) is 18.1. The molecule has 2 aliphatic heterocycles. The molecule has 0 saturated carbocycles. The first-order valence-electron chi connectivity index (χ1n) is 18.1. The summed E-state index contributed by atoms with van der Waals surface area (Å²) in [6.07, 6.45) is -0.111. The predicted octanol–water partition coefficient (Wildman–Crippen LogP) is 5.53. The molecule has 2 aliphatic rings. The van der Waals surface area contributed by atoms with Crippen molar-refractivity contribution in [3.63, 3.8) is 0 Å². The van der Waals surface area contributed by atoms with Crippen LogP contribution in [-0.4, -0.2) is 92.2 Å². The zero-order chi connectivity index (χ0) is 38.9. The van der Waals surface area contributed by atoms with Gasteiger partial charge in [0.25, 0.3) is 11.8 Å². The van der Waals surface area contributed by atoms with Crippen LogP contribution in [0.2, 0.25) is 0 Å². The van der Waals surface area contributed by atoms with E-state index in [0.29, 0.717) is 50.5 Å². The molecule has 0 spiro atoms. The van der Waals surface area contributed by atoms with E-state index < -0.39 is 17.3 Å². The molecule has 13 heteroatoms. The number of nitrogens with zero attached hydrogens (tertiary/aromatic N) is 3. The van der Waals surface area contributed by atoms with Crippen LogP contribution < -0.4 is 20.2 Å². The van der Waals surface area contributed by atoms with Gasteiger partial charge in [0.15, 0.2) is 12.7 Å². The number of hydrazone groups is 1. The second-order valence-corrected chi connectivity index (χ2v) is 14.5. The van der Waals surface area contributed by atoms with Gasteiger partial charge < -0.3 is 29.3 Å². The molecule has 0 aromatic heterocycles. The topological polar surface area (TPSA) is 139 Å². The number of benzene rings is 4. The van der Waals surface area contributed by atoms with Crippen molar-refractivity contribution < 1.29 is 33.4 Å². The average molecular weight is 764 g/mol. The summed E-state index contributed by atoms with van der Waals surface area (Å²) < 4.78 is 16.9. The number of likely N-dealkylation sites (N-methyl/N-ethyl adjacent to an activating group) is 1. The molecule has 2 heterocycles. The predicted molar refractivity (Wildman–Crippen MR) is 213 cm³/mol. The number of rotatable bonds is 14. The van der Waals surface area contributed by atoms with Crippen LogP contribution in [0.25, 0.3) is 15.7 Å². The Morgan fingerprint density at radius 1 is 0.927 bits per heavy atom.